The average Bonchev–Trinajstić information content (AvgIpc) is 3.10. The minimum absolute atomic E-state index is 0.243. The van der Waals surface area contributed by atoms with Crippen molar-refractivity contribution < 1.29 is 23.9 Å². The van der Waals surface area contributed by atoms with Gasteiger partial charge in [-0.2, -0.15) is 0 Å². The Morgan fingerprint density at radius 1 is 1.12 bits per heavy atom. The molecule has 1 heterocycles. The van der Waals surface area contributed by atoms with Crippen LogP contribution in [0.4, 0.5) is 4.79 Å². The van der Waals surface area contributed by atoms with Crippen LogP contribution in [0.25, 0.3) is 16.8 Å². The van der Waals surface area contributed by atoms with Gasteiger partial charge in [-0.15, -0.1) is 0 Å². The number of nitrogens with zero attached hydrogens (tertiary/aromatic N) is 1. The molecule has 0 saturated carbocycles. The molecule has 1 aliphatic rings. The average molecular weight is 526 g/mol. The fraction of sp³-hybridized carbons (Fsp3) is 0.160. The molecule has 3 aromatic carbocycles. The zero-order chi connectivity index (χ0) is 23.5. The molecule has 0 spiro atoms. The number of thioether (sulfide) groups is 1. The Bertz CT molecular complexity index is 1280. The molecule has 2 amide bonds. The normalized spacial score (nSPS) is 15.8. The first-order valence-electron chi connectivity index (χ1n) is 10.1. The summed E-state index contributed by atoms with van der Waals surface area (Å²) in [4.78, 5) is 37.9. The molecule has 0 bridgehead atoms. The summed E-state index contributed by atoms with van der Waals surface area (Å²) >= 11 is 4.32. The molecule has 1 saturated heterocycles. The minimum atomic E-state index is -0.982. The summed E-state index contributed by atoms with van der Waals surface area (Å²) in [6.45, 7) is 1.87. The fourth-order valence-corrected chi connectivity index (χ4v) is 4.96. The lowest BCUT2D eigenvalue weighted by Crippen LogP contribution is -2.42. The Labute approximate surface area is 203 Å². The molecule has 0 aliphatic carbocycles. The quantitative estimate of drug-likeness (QED) is 0.300. The van der Waals surface area contributed by atoms with Gasteiger partial charge in [-0.3, -0.25) is 14.5 Å². The summed E-state index contributed by atoms with van der Waals surface area (Å²) in [6.07, 6.45) is 1.62. The van der Waals surface area contributed by atoms with Gasteiger partial charge >= 0.3 is 5.97 Å². The molecule has 33 heavy (non-hydrogen) atoms. The van der Waals surface area contributed by atoms with E-state index in [1.807, 2.05) is 36.4 Å². The van der Waals surface area contributed by atoms with Crippen LogP contribution >= 0.6 is 27.7 Å². The highest BCUT2D eigenvalue weighted by molar-refractivity contribution is 9.10. The van der Waals surface area contributed by atoms with E-state index in [4.69, 9.17) is 4.74 Å². The van der Waals surface area contributed by atoms with Gasteiger partial charge in [-0.05, 0) is 74.7 Å². The first kappa shape index (κ1) is 23.1. The van der Waals surface area contributed by atoms with E-state index < -0.39 is 23.2 Å². The van der Waals surface area contributed by atoms with Crippen molar-refractivity contribution in [2.24, 2.45) is 0 Å². The van der Waals surface area contributed by atoms with Gasteiger partial charge < -0.3 is 9.47 Å². The Hall–Kier alpha value is -3.10. The second-order valence-corrected chi connectivity index (χ2v) is 9.22. The molecule has 0 N–H and O–H groups in total. The van der Waals surface area contributed by atoms with Crippen molar-refractivity contribution in [3.8, 4) is 5.75 Å². The third kappa shape index (κ3) is 4.82. The number of carbonyl (C=O) groups is 3. The molecular formula is C25H20BrNO5S. The number of rotatable bonds is 6. The number of amides is 2. The third-order valence-corrected chi connectivity index (χ3v) is 6.77. The van der Waals surface area contributed by atoms with Crippen molar-refractivity contribution in [1.82, 2.24) is 4.90 Å². The number of hydrogen-bond acceptors (Lipinski definition) is 6. The molecule has 3 aromatic rings. The fourth-order valence-electron chi connectivity index (χ4n) is 3.54. The van der Waals surface area contributed by atoms with Crippen molar-refractivity contribution in [2.45, 2.75) is 19.6 Å². The molecule has 1 atom stereocenters. The zero-order valence-corrected chi connectivity index (χ0v) is 20.3. The van der Waals surface area contributed by atoms with Gasteiger partial charge in [0.2, 0.25) is 0 Å². The van der Waals surface area contributed by atoms with Crippen LogP contribution in [0.3, 0.4) is 0 Å². The smallest absolute Gasteiger partial charge is 0.328 e. The summed E-state index contributed by atoms with van der Waals surface area (Å²) < 4.78 is 11.4. The van der Waals surface area contributed by atoms with Crippen LogP contribution < -0.4 is 4.74 Å². The SMILES string of the molecule is COC(=O)[C@@H](C)N1C(=O)S/C(=C/c2ccc(OCc3cccc4ccccc34)c(Br)c2)C1=O. The molecule has 0 aromatic heterocycles. The van der Waals surface area contributed by atoms with Crippen LogP contribution in [0.2, 0.25) is 0 Å². The standard InChI is InChI=1S/C25H20BrNO5S/c1-15(24(29)31-2)27-23(28)22(33-25(27)30)13-16-10-11-21(20(26)12-16)32-14-18-8-5-7-17-6-3-4-9-19(17)18/h3-13,15H,14H2,1-2H3/b22-13+/t15-/m1/s1. The molecule has 0 unspecified atom stereocenters. The Morgan fingerprint density at radius 3 is 2.64 bits per heavy atom. The van der Waals surface area contributed by atoms with E-state index in [1.165, 1.54) is 14.0 Å². The van der Waals surface area contributed by atoms with Crippen molar-refractivity contribution in [2.75, 3.05) is 7.11 Å². The van der Waals surface area contributed by atoms with Crippen LogP contribution in [0.1, 0.15) is 18.1 Å². The van der Waals surface area contributed by atoms with E-state index in [1.54, 1.807) is 12.1 Å². The number of benzene rings is 3. The van der Waals surface area contributed by atoms with Crippen molar-refractivity contribution >= 4 is 61.7 Å². The molecular weight excluding hydrogens is 506 g/mol. The summed E-state index contributed by atoms with van der Waals surface area (Å²) in [7, 11) is 1.22. The third-order valence-electron chi connectivity index (χ3n) is 5.27. The number of imide groups is 1. The Kier molecular flexibility index (Phi) is 6.85. The highest BCUT2D eigenvalue weighted by Gasteiger charge is 2.41. The van der Waals surface area contributed by atoms with Gasteiger partial charge in [0.1, 0.15) is 18.4 Å². The number of ether oxygens (including phenoxy) is 2. The number of esters is 1. The summed E-state index contributed by atoms with van der Waals surface area (Å²) in [6, 6.07) is 18.7. The van der Waals surface area contributed by atoms with E-state index >= 15 is 0 Å². The first-order chi connectivity index (χ1) is 15.9. The Balaban J connectivity index is 1.50. The minimum Gasteiger partial charge on any atom is -0.488 e. The molecule has 0 radical (unpaired) electrons. The molecule has 8 heteroatoms. The second-order valence-electron chi connectivity index (χ2n) is 7.37. The van der Waals surface area contributed by atoms with E-state index in [0.29, 0.717) is 12.4 Å². The van der Waals surface area contributed by atoms with Crippen LogP contribution in [-0.4, -0.2) is 35.2 Å². The van der Waals surface area contributed by atoms with Gasteiger partial charge in [0.25, 0.3) is 11.1 Å². The van der Waals surface area contributed by atoms with Gasteiger partial charge in [-0.25, -0.2) is 4.79 Å². The lowest BCUT2D eigenvalue weighted by molar-refractivity contribution is -0.148. The van der Waals surface area contributed by atoms with Crippen molar-refractivity contribution in [1.29, 1.82) is 0 Å². The van der Waals surface area contributed by atoms with Crippen LogP contribution in [0, 0.1) is 0 Å². The van der Waals surface area contributed by atoms with E-state index in [9.17, 15) is 14.4 Å². The molecule has 168 valence electrons. The number of carbonyl (C=O) groups excluding carboxylic acids is 3. The predicted molar refractivity (Wildman–Crippen MR) is 132 cm³/mol. The maximum Gasteiger partial charge on any atom is 0.328 e. The zero-order valence-electron chi connectivity index (χ0n) is 17.9. The monoisotopic (exact) mass is 525 g/mol. The molecule has 4 rings (SSSR count). The van der Waals surface area contributed by atoms with Crippen molar-refractivity contribution in [3.63, 3.8) is 0 Å². The largest absolute Gasteiger partial charge is 0.488 e. The maximum atomic E-state index is 12.7. The van der Waals surface area contributed by atoms with Crippen LogP contribution in [0.5, 0.6) is 5.75 Å². The van der Waals surface area contributed by atoms with Gasteiger partial charge in [-0.1, -0.05) is 48.5 Å². The van der Waals surface area contributed by atoms with Gasteiger partial charge in [0, 0.05) is 0 Å². The van der Waals surface area contributed by atoms with E-state index in [0.717, 1.165) is 43.0 Å². The van der Waals surface area contributed by atoms with E-state index in [2.05, 4.69) is 38.9 Å². The Morgan fingerprint density at radius 2 is 1.88 bits per heavy atom. The molecule has 1 aliphatic heterocycles. The number of hydrogen-bond donors (Lipinski definition) is 0. The predicted octanol–water partition coefficient (Wildman–Crippen LogP) is 5.78. The molecule has 6 nitrogen and oxygen atoms in total. The molecule has 1 fully saturated rings. The summed E-state index contributed by atoms with van der Waals surface area (Å²) in [5, 5.41) is 1.80. The first-order valence-corrected chi connectivity index (χ1v) is 11.7. The summed E-state index contributed by atoms with van der Waals surface area (Å²) in [5.74, 6) is -0.503. The van der Waals surface area contributed by atoms with Crippen LogP contribution in [-0.2, 0) is 20.9 Å². The summed E-state index contributed by atoms with van der Waals surface area (Å²) in [5.41, 5.74) is 1.80. The number of fused-ring (bicyclic) bond motifs is 1. The van der Waals surface area contributed by atoms with Crippen LogP contribution in [0.15, 0.2) is 70.0 Å². The highest BCUT2D eigenvalue weighted by atomic mass is 79.9. The van der Waals surface area contributed by atoms with Crippen molar-refractivity contribution in [3.05, 3.63) is 81.2 Å². The lowest BCUT2D eigenvalue weighted by atomic mass is 10.1. The van der Waals surface area contributed by atoms with E-state index in [-0.39, 0.29) is 4.91 Å². The van der Waals surface area contributed by atoms with Gasteiger partial charge in [0.05, 0.1) is 16.5 Å². The number of methoxy groups -OCH3 is 1. The van der Waals surface area contributed by atoms with Gasteiger partial charge in [0.15, 0.2) is 0 Å². The maximum absolute atomic E-state index is 12.7. The lowest BCUT2D eigenvalue weighted by Gasteiger charge is -2.18. The number of halogens is 1. The topological polar surface area (TPSA) is 72.9 Å². The second kappa shape index (κ2) is 9.80. The highest BCUT2D eigenvalue weighted by Crippen LogP contribution is 2.35.